The summed E-state index contributed by atoms with van der Waals surface area (Å²) in [6, 6.07) is 0. The second-order valence-corrected chi connectivity index (χ2v) is 3.57. The molecule has 0 unspecified atom stereocenters. The normalized spacial score (nSPS) is 19.4. The average molecular weight is 150 g/mol. The Bertz CT molecular complexity index is 161. The van der Waals surface area contributed by atoms with Crippen molar-refractivity contribution in [3.63, 3.8) is 0 Å². The smallest absolute Gasteiger partial charge is 0.0257 e. The SMILES string of the molecule is CC(C)C1=CC=CCCCC1. The van der Waals surface area contributed by atoms with Crippen LogP contribution in [0.1, 0.15) is 39.5 Å². The van der Waals surface area contributed by atoms with Crippen LogP contribution in [0.25, 0.3) is 0 Å². The van der Waals surface area contributed by atoms with E-state index in [9.17, 15) is 0 Å². The molecule has 1 rings (SSSR count). The van der Waals surface area contributed by atoms with Gasteiger partial charge in [0.15, 0.2) is 0 Å². The van der Waals surface area contributed by atoms with Crippen molar-refractivity contribution in [2.75, 3.05) is 0 Å². The third-order valence-electron chi connectivity index (χ3n) is 2.27. The van der Waals surface area contributed by atoms with Crippen LogP contribution in [0.15, 0.2) is 23.8 Å². The third-order valence-corrected chi connectivity index (χ3v) is 2.27. The lowest BCUT2D eigenvalue weighted by atomic mass is 9.95. The molecule has 0 saturated heterocycles. The Labute approximate surface area is 70.0 Å². The molecular formula is C11H18. The van der Waals surface area contributed by atoms with Gasteiger partial charge in [-0.3, -0.25) is 0 Å². The van der Waals surface area contributed by atoms with Gasteiger partial charge in [0.2, 0.25) is 0 Å². The van der Waals surface area contributed by atoms with Crippen LogP contribution in [0.4, 0.5) is 0 Å². The van der Waals surface area contributed by atoms with Crippen molar-refractivity contribution in [3.8, 4) is 0 Å². The Morgan fingerprint density at radius 3 is 2.82 bits per heavy atom. The van der Waals surface area contributed by atoms with Crippen molar-refractivity contribution in [2.24, 2.45) is 5.92 Å². The first kappa shape index (κ1) is 8.58. The van der Waals surface area contributed by atoms with Gasteiger partial charge < -0.3 is 0 Å². The van der Waals surface area contributed by atoms with Gasteiger partial charge in [0.05, 0.1) is 0 Å². The molecule has 62 valence electrons. The minimum Gasteiger partial charge on any atom is -0.0845 e. The molecule has 0 heteroatoms. The standard InChI is InChI=1S/C11H18/c1-10(2)11-8-6-4-3-5-7-9-11/h4,6,8,10H,3,5,7,9H2,1-2H3. The van der Waals surface area contributed by atoms with Crippen LogP contribution in [0.3, 0.4) is 0 Å². The van der Waals surface area contributed by atoms with Crippen molar-refractivity contribution in [1.29, 1.82) is 0 Å². The van der Waals surface area contributed by atoms with Crippen molar-refractivity contribution in [3.05, 3.63) is 23.8 Å². The van der Waals surface area contributed by atoms with Crippen molar-refractivity contribution < 1.29 is 0 Å². The Balaban J connectivity index is 2.58. The molecule has 0 atom stereocenters. The maximum absolute atomic E-state index is 2.30. The van der Waals surface area contributed by atoms with Gasteiger partial charge in [-0.2, -0.15) is 0 Å². The van der Waals surface area contributed by atoms with Gasteiger partial charge in [-0.15, -0.1) is 0 Å². The van der Waals surface area contributed by atoms with Crippen LogP contribution < -0.4 is 0 Å². The van der Waals surface area contributed by atoms with Gasteiger partial charge >= 0.3 is 0 Å². The molecule has 0 nitrogen and oxygen atoms in total. The Morgan fingerprint density at radius 2 is 2.09 bits per heavy atom. The first-order valence-corrected chi connectivity index (χ1v) is 4.66. The summed E-state index contributed by atoms with van der Waals surface area (Å²) in [5, 5.41) is 0. The highest BCUT2D eigenvalue weighted by Crippen LogP contribution is 2.19. The first-order chi connectivity index (χ1) is 5.30. The predicted molar refractivity (Wildman–Crippen MR) is 50.5 cm³/mol. The lowest BCUT2D eigenvalue weighted by Crippen LogP contribution is -1.95. The molecule has 0 aromatic heterocycles. The van der Waals surface area contributed by atoms with E-state index in [2.05, 4.69) is 32.1 Å². The summed E-state index contributed by atoms with van der Waals surface area (Å²) in [4.78, 5) is 0. The molecule has 0 amide bonds. The zero-order valence-electron chi connectivity index (χ0n) is 7.64. The maximum Gasteiger partial charge on any atom is -0.0257 e. The monoisotopic (exact) mass is 150 g/mol. The molecule has 11 heavy (non-hydrogen) atoms. The van der Waals surface area contributed by atoms with Gasteiger partial charge in [0, 0.05) is 0 Å². The third kappa shape index (κ3) is 2.92. The van der Waals surface area contributed by atoms with E-state index in [-0.39, 0.29) is 0 Å². The lowest BCUT2D eigenvalue weighted by molar-refractivity contribution is 0.655. The van der Waals surface area contributed by atoms with Crippen LogP contribution >= 0.6 is 0 Å². The van der Waals surface area contributed by atoms with E-state index in [0.29, 0.717) is 0 Å². The second kappa shape index (κ2) is 4.38. The van der Waals surface area contributed by atoms with E-state index in [1.165, 1.54) is 25.7 Å². The number of allylic oxidation sites excluding steroid dienone is 4. The molecule has 0 radical (unpaired) electrons. The minimum absolute atomic E-state index is 0.734. The second-order valence-electron chi connectivity index (χ2n) is 3.57. The fourth-order valence-corrected chi connectivity index (χ4v) is 1.44. The fraction of sp³-hybridized carbons (Fsp3) is 0.636. The molecule has 0 aromatic rings. The highest BCUT2D eigenvalue weighted by Gasteiger charge is 2.02. The van der Waals surface area contributed by atoms with Gasteiger partial charge in [-0.25, -0.2) is 0 Å². The summed E-state index contributed by atoms with van der Waals surface area (Å²) in [6.07, 6.45) is 12.1. The quantitative estimate of drug-likeness (QED) is 0.534. The van der Waals surface area contributed by atoms with E-state index in [4.69, 9.17) is 0 Å². The molecule has 0 bridgehead atoms. The van der Waals surface area contributed by atoms with Gasteiger partial charge in [-0.05, 0) is 31.6 Å². The average Bonchev–Trinajstić information content (AvgIpc) is 1.84. The molecule has 1 aliphatic carbocycles. The predicted octanol–water partition coefficient (Wildman–Crippen LogP) is 3.70. The van der Waals surface area contributed by atoms with Crippen LogP contribution in [0.2, 0.25) is 0 Å². The van der Waals surface area contributed by atoms with Gasteiger partial charge in [-0.1, -0.05) is 37.6 Å². The molecule has 0 N–H and O–H groups in total. The molecule has 0 spiro atoms. The van der Waals surface area contributed by atoms with Crippen LogP contribution in [-0.4, -0.2) is 0 Å². The first-order valence-electron chi connectivity index (χ1n) is 4.66. The number of rotatable bonds is 1. The summed E-state index contributed by atoms with van der Waals surface area (Å²) in [7, 11) is 0. The molecule has 0 aliphatic heterocycles. The summed E-state index contributed by atoms with van der Waals surface area (Å²) in [5.41, 5.74) is 1.61. The van der Waals surface area contributed by atoms with Crippen molar-refractivity contribution in [2.45, 2.75) is 39.5 Å². The highest BCUT2D eigenvalue weighted by molar-refractivity contribution is 5.15. The fourth-order valence-electron chi connectivity index (χ4n) is 1.44. The van der Waals surface area contributed by atoms with Crippen molar-refractivity contribution in [1.82, 2.24) is 0 Å². The Hall–Kier alpha value is -0.520. The molecular weight excluding hydrogens is 132 g/mol. The molecule has 1 aliphatic rings. The summed E-state index contributed by atoms with van der Waals surface area (Å²) in [6.45, 7) is 4.56. The summed E-state index contributed by atoms with van der Waals surface area (Å²) in [5.74, 6) is 0.734. The summed E-state index contributed by atoms with van der Waals surface area (Å²) >= 11 is 0. The van der Waals surface area contributed by atoms with Crippen LogP contribution in [-0.2, 0) is 0 Å². The molecule has 0 heterocycles. The van der Waals surface area contributed by atoms with E-state index >= 15 is 0 Å². The minimum atomic E-state index is 0.734. The van der Waals surface area contributed by atoms with Crippen LogP contribution in [0.5, 0.6) is 0 Å². The lowest BCUT2D eigenvalue weighted by Gasteiger charge is -2.11. The topological polar surface area (TPSA) is 0 Å². The van der Waals surface area contributed by atoms with Gasteiger partial charge in [0.25, 0.3) is 0 Å². The van der Waals surface area contributed by atoms with Gasteiger partial charge in [0.1, 0.15) is 0 Å². The van der Waals surface area contributed by atoms with E-state index in [1.54, 1.807) is 5.57 Å². The zero-order valence-corrected chi connectivity index (χ0v) is 7.64. The Kier molecular flexibility index (Phi) is 3.41. The Morgan fingerprint density at radius 1 is 1.27 bits per heavy atom. The number of hydrogen-bond donors (Lipinski definition) is 0. The summed E-state index contributed by atoms with van der Waals surface area (Å²) < 4.78 is 0. The van der Waals surface area contributed by atoms with Crippen LogP contribution in [0, 0.1) is 5.92 Å². The van der Waals surface area contributed by atoms with Crippen molar-refractivity contribution >= 4 is 0 Å². The zero-order chi connectivity index (χ0) is 8.10. The van der Waals surface area contributed by atoms with E-state index in [1.807, 2.05) is 0 Å². The number of hydrogen-bond acceptors (Lipinski definition) is 0. The largest absolute Gasteiger partial charge is 0.0845 e. The molecule has 0 fully saturated rings. The molecule has 0 saturated carbocycles. The van der Waals surface area contributed by atoms with E-state index < -0.39 is 0 Å². The molecule has 0 aromatic carbocycles. The highest BCUT2D eigenvalue weighted by atomic mass is 14.1. The van der Waals surface area contributed by atoms with E-state index in [0.717, 1.165) is 5.92 Å². The maximum atomic E-state index is 2.30.